The Morgan fingerprint density at radius 1 is 1.06 bits per heavy atom. The molecule has 0 unspecified atom stereocenters. The molecule has 0 saturated carbocycles. The van der Waals surface area contributed by atoms with Crippen molar-refractivity contribution < 1.29 is 23.5 Å². The number of halogens is 3. The molecule has 0 aliphatic carbocycles. The molecule has 1 aliphatic heterocycles. The van der Waals surface area contributed by atoms with Crippen molar-refractivity contribution in [3.63, 3.8) is 0 Å². The van der Waals surface area contributed by atoms with Crippen LogP contribution in [0, 0.1) is 9.39 Å². The lowest BCUT2D eigenvalue weighted by Crippen LogP contribution is -2.27. The van der Waals surface area contributed by atoms with Crippen molar-refractivity contribution in [1.29, 1.82) is 0 Å². The monoisotopic (exact) mass is 623 g/mol. The Morgan fingerprint density at radius 2 is 1.83 bits per heavy atom. The van der Waals surface area contributed by atoms with Gasteiger partial charge in [0.25, 0.3) is 11.1 Å². The number of ether oxygens (including phenoxy) is 2. The average molecular weight is 624 g/mol. The first-order chi connectivity index (χ1) is 16.8. The standard InChI is InChI=1S/C26H20ClFINO4S/c1-2-33-22-12-18(11-21(29)24(22)34-15-17-4-3-5-20(28)10-17)13-23-25(31)30(26(32)35-23)14-16-6-8-19(27)9-7-16/h3-13H,2,14-15H2,1H3/b23-13-. The van der Waals surface area contributed by atoms with Crippen molar-refractivity contribution in [3.8, 4) is 11.5 Å². The van der Waals surface area contributed by atoms with E-state index in [-0.39, 0.29) is 30.1 Å². The quantitative estimate of drug-likeness (QED) is 0.195. The highest BCUT2D eigenvalue weighted by Crippen LogP contribution is 2.38. The van der Waals surface area contributed by atoms with Gasteiger partial charge >= 0.3 is 0 Å². The molecule has 0 spiro atoms. The lowest BCUT2D eigenvalue weighted by atomic mass is 10.1. The smallest absolute Gasteiger partial charge is 0.293 e. The predicted molar refractivity (Wildman–Crippen MR) is 144 cm³/mol. The SMILES string of the molecule is CCOc1cc(/C=C2\SC(=O)N(Cc3ccc(Cl)cc3)C2=O)cc(I)c1OCc1cccc(F)c1. The van der Waals surface area contributed by atoms with Gasteiger partial charge in [-0.2, -0.15) is 0 Å². The summed E-state index contributed by atoms with van der Waals surface area (Å²) >= 11 is 8.95. The predicted octanol–water partition coefficient (Wildman–Crippen LogP) is 7.30. The minimum Gasteiger partial charge on any atom is -0.490 e. The van der Waals surface area contributed by atoms with E-state index in [0.29, 0.717) is 39.2 Å². The van der Waals surface area contributed by atoms with E-state index in [9.17, 15) is 14.0 Å². The van der Waals surface area contributed by atoms with Crippen LogP contribution in [0.4, 0.5) is 9.18 Å². The van der Waals surface area contributed by atoms with Gasteiger partial charge < -0.3 is 9.47 Å². The van der Waals surface area contributed by atoms with E-state index in [4.69, 9.17) is 21.1 Å². The van der Waals surface area contributed by atoms with E-state index < -0.39 is 0 Å². The van der Waals surface area contributed by atoms with Gasteiger partial charge in [0, 0.05) is 5.02 Å². The number of imide groups is 1. The third-order valence-electron chi connectivity index (χ3n) is 5.03. The molecule has 4 rings (SSSR count). The van der Waals surface area contributed by atoms with Gasteiger partial charge in [0.15, 0.2) is 11.5 Å². The van der Waals surface area contributed by atoms with Crippen LogP contribution in [0.3, 0.4) is 0 Å². The number of rotatable bonds is 8. The zero-order valence-corrected chi connectivity index (χ0v) is 22.3. The lowest BCUT2D eigenvalue weighted by Gasteiger charge is -2.15. The summed E-state index contributed by atoms with van der Waals surface area (Å²) in [5, 5.41) is 0.261. The van der Waals surface area contributed by atoms with E-state index in [2.05, 4.69) is 22.6 Å². The normalized spacial score (nSPS) is 14.6. The van der Waals surface area contributed by atoms with Crippen LogP contribution in [0.25, 0.3) is 6.08 Å². The summed E-state index contributed by atoms with van der Waals surface area (Å²) in [5.74, 6) is 0.354. The maximum absolute atomic E-state index is 13.5. The second-order valence-corrected chi connectivity index (χ2v) is 10.2. The fraction of sp³-hybridized carbons (Fsp3) is 0.154. The van der Waals surface area contributed by atoms with E-state index in [1.54, 1.807) is 48.5 Å². The fourth-order valence-electron chi connectivity index (χ4n) is 3.42. The van der Waals surface area contributed by atoms with Gasteiger partial charge in [-0.05, 0) is 100 Å². The number of carbonyl (C=O) groups is 2. The number of hydrogen-bond acceptors (Lipinski definition) is 5. The molecule has 1 saturated heterocycles. The number of hydrogen-bond donors (Lipinski definition) is 0. The summed E-state index contributed by atoms with van der Waals surface area (Å²) in [6.45, 7) is 2.62. The number of carbonyl (C=O) groups excluding carboxylic acids is 2. The summed E-state index contributed by atoms with van der Waals surface area (Å²) in [7, 11) is 0. The molecule has 1 aliphatic rings. The Morgan fingerprint density at radius 3 is 2.54 bits per heavy atom. The molecule has 9 heteroatoms. The number of thioether (sulfide) groups is 1. The Bertz CT molecular complexity index is 1300. The second-order valence-electron chi connectivity index (χ2n) is 7.58. The van der Waals surface area contributed by atoms with Crippen molar-refractivity contribution in [2.45, 2.75) is 20.1 Å². The molecule has 0 aromatic heterocycles. The first-order valence-corrected chi connectivity index (χ1v) is 12.9. The van der Waals surface area contributed by atoms with Gasteiger partial charge in [0.05, 0.1) is 21.6 Å². The Balaban J connectivity index is 1.55. The highest BCUT2D eigenvalue weighted by atomic mass is 127. The Kier molecular flexibility index (Phi) is 8.35. The van der Waals surface area contributed by atoms with Crippen molar-refractivity contribution in [2.24, 2.45) is 0 Å². The molecule has 35 heavy (non-hydrogen) atoms. The van der Waals surface area contributed by atoms with Gasteiger partial charge in [0.2, 0.25) is 0 Å². The largest absolute Gasteiger partial charge is 0.490 e. The molecular weight excluding hydrogens is 604 g/mol. The van der Waals surface area contributed by atoms with Gasteiger partial charge in [-0.25, -0.2) is 4.39 Å². The maximum Gasteiger partial charge on any atom is 0.293 e. The minimum absolute atomic E-state index is 0.174. The van der Waals surface area contributed by atoms with Crippen LogP contribution in [0.2, 0.25) is 5.02 Å². The molecule has 0 radical (unpaired) electrons. The van der Waals surface area contributed by atoms with Gasteiger partial charge in [0.1, 0.15) is 12.4 Å². The van der Waals surface area contributed by atoms with Crippen LogP contribution in [-0.4, -0.2) is 22.7 Å². The van der Waals surface area contributed by atoms with Crippen LogP contribution >= 0.6 is 46.0 Å². The molecule has 2 amide bonds. The van der Waals surface area contributed by atoms with Crippen molar-refractivity contribution in [2.75, 3.05) is 6.61 Å². The average Bonchev–Trinajstić information content (AvgIpc) is 3.07. The van der Waals surface area contributed by atoms with Crippen molar-refractivity contribution >= 4 is 63.2 Å². The maximum atomic E-state index is 13.5. The zero-order chi connectivity index (χ0) is 24.9. The van der Waals surface area contributed by atoms with Crippen LogP contribution < -0.4 is 9.47 Å². The summed E-state index contributed by atoms with van der Waals surface area (Å²) in [5.41, 5.74) is 2.21. The fourth-order valence-corrected chi connectivity index (χ4v) is 5.16. The van der Waals surface area contributed by atoms with Crippen molar-refractivity contribution in [3.05, 3.63) is 96.7 Å². The molecule has 1 heterocycles. The molecule has 3 aromatic carbocycles. The highest BCUT2D eigenvalue weighted by molar-refractivity contribution is 14.1. The molecule has 1 fully saturated rings. The van der Waals surface area contributed by atoms with E-state index in [0.717, 1.165) is 20.9 Å². The van der Waals surface area contributed by atoms with Crippen LogP contribution in [0.1, 0.15) is 23.6 Å². The van der Waals surface area contributed by atoms with Crippen LogP contribution in [0.5, 0.6) is 11.5 Å². The first kappa shape index (κ1) is 25.5. The second kappa shape index (κ2) is 11.5. The summed E-state index contributed by atoms with van der Waals surface area (Å²) in [6.07, 6.45) is 1.67. The van der Waals surface area contributed by atoms with Gasteiger partial charge in [-0.1, -0.05) is 35.9 Å². The molecule has 3 aromatic rings. The molecule has 0 N–H and O–H groups in total. The number of nitrogens with zero attached hydrogens (tertiary/aromatic N) is 1. The summed E-state index contributed by atoms with van der Waals surface area (Å²) in [4.78, 5) is 27.0. The summed E-state index contributed by atoms with van der Waals surface area (Å²) in [6, 6.07) is 16.8. The molecule has 180 valence electrons. The topological polar surface area (TPSA) is 55.8 Å². The highest BCUT2D eigenvalue weighted by Gasteiger charge is 2.35. The van der Waals surface area contributed by atoms with Crippen LogP contribution in [0.15, 0.2) is 65.6 Å². The Hall–Kier alpha value is -2.56. The molecule has 0 atom stereocenters. The Labute approximate surface area is 225 Å². The van der Waals surface area contributed by atoms with Crippen molar-refractivity contribution in [1.82, 2.24) is 4.90 Å². The van der Waals surface area contributed by atoms with E-state index >= 15 is 0 Å². The number of benzene rings is 3. The lowest BCUT2D eigenvalue weighted by molar-refractivity contribution is -0.123. The van der Waals surface area contributed by atoms with Gasteiger partial charge in [-0.15, -0.1) is 0 Å². The minimum atomic E-state index is -0.352. The first-order valence-electron chi connectivity index (χ1n) is 10.7. The number of amides is 2. The van der Waals surface area contributed by atoms with E-state index in [1.165, 1.54) is 17.0 Å². The molecule has 5 nitrogen and oxygen atoms in total. The van der Waals surface area contributed by atoms with Gasteiger partial charge in [-0.3, -0.25) is 14.5 Å². The van der Waals surface area contributed by atoms with E-state index in [1.807, 2.05) is 13.0 Å². The third kappa shape index (κ3) is 6.36. The molecular formula is C26H20ClFINO4S. The summed E-state index contributed by atoms with van der Waals surface area (Å²) < 4.78 is 26.0. The molecule has 0 bridgehead atoms. The third-order valence-corrected chi connectivity index (χ3v) is 6.99. The zero-order valence-electron chi connectivity index (χ0n) is 18.6. The van der Waals surface area contributed by atoms with Crippen LogP contribution in [-0.2, 0) is 17.9 Å².